The van der Waals surface area contributed by atoms with E-state index in [0.717, 1.165) is 27.8 Å². The summed E-state index contributed by atoms with van der Waals surface area (Å²) in [7, 11) is -7.12. The molecule has 0 saturated carbocycles. The molecule has 8 rings (SSSR count). The molecule has 0 fully saturated rings. The van der Waals surface area contributed by atoms with Crippen LogP contribution in [0.3, 0.4) is 0 Å². The number of nitrogens with one attached hydrogen (secondary N) is 6. The number of aromatic nitrogens is 4. The van der Waals surface area contributed by atoms with Crippen LogP contribution in [0.15, 0.2) is 138 Å². The molecule has 0 atom stereocenters. The zero-order valence-corrected chi connectivity index (χ0v) is 33.0. The van der Waals surface area contributed by atoms with Gasteiger partial charge in [0.1, 0.15) is 11.6 Å². The average molecular weight is 815 g/mol. The minimum Gasteiger partial charge on any atom is -0.369 e. The van der Waals surface area contributed by atoms with Gasteiger partial charge in [-0.25, -0.2) is 36.2 Å². The van der Waals surface area contributed by atoms with E-state index in [9.17, 15) is 16.8 Å². The number of nitrogens with zero attached hydrogens (tertiary/aromatic N) is 4. The van der Waals surface area contributed by atoms with Gasteiger partial charge in [-0.2, -0.15) is 9.97 Å². The van der Waals surface area contributed by atoms with Crippen molar-refractivity contribution in [3.63, 3.8) is 0 Å². The summed E-state index contributed by atoms with van der Waals surface area (Å²) in [4.78, 5) is 18.4. The second-order valence-electron chi connectivity index (χ2n) is 13.2. The standard InChI is InChI=1S/2C21H21N5O2S/c1-15(16-7-3-2-4-8-16)19-14-23-21-25-17-9-5-10-18(13-17)29(27,28)24-12-6-11-22-20(19)26-21;27-29(28)19-9-4-8-18(14-19)25-21-23-15-17(11-10-16-6-2-1-3-7-16)20(26-21)22-12-5-13-24-29/h2-5,7-10,13-14,24H,1,6,11-12H2,(H2,22,23,25,26);1-4,6-11,14-15,24H,5,12-13H2,(H2,22,23,25,26)/b;11-10-. The highest BCUT2D eigenvalue weighted by molar-refractivity contribution is 7.89. The molecule has 0 radical (unpaired) electrons. The third kappa shape index (κ3) is 10.3. The second kappa shape index (κ2) is 18.2. The van der Waals surface area contributed by atoms with Crippen molar-refractivity contribution in [2.75, 3.05) is 47.4 Å². The maximum absolute atomic E-state index is 12.5. The van der Waals surface area contributed by atoms with Gasteiger partial charge >= 0.3 is 0 Å². The summed E-state index contributed by atoms with van der Waals surface area (Å²) < 4.78 is 55.0. The van der Waals surface area contributed by atoms with E-state index < -0.39 is 20.0 Å². The molecule has 0 unspecified atom stereocenters. The fourth-order valence-electron chi connectivity index (χ4n) is 5.97. The molecule has 14 nitrogen and oxygen atoms in total. The molecule has 16 heteroatoms. The van der Waals surface area contributed by atoms with Gasteiger partial charge in [0.2, 0.25) is 31.9 Å². The number of anilines is 6. The number of sulfonamides is 2. The van der Waals surface area contributed by atoms with Gasteiger partial charge in [-0.15, -0.1) is 0 Å². The number of rotatable bonds is 4. The maximum atomic E-state index is 12.5. The molecule has 6 N–H and O–H groups in total. The van der Waals surface area contributed by atoms with Gasteiger partial charge < -0.3 is 21.3 Å². The Morgan fingerprint density at radius 2 is 1.12 bits per heavy atom. The van der Waals surface area contributed by atoms with Gasteiger partial charge in [-0.3, -0.25) is 0 Å². The van der Waals surface area contributed by atoms with Crippen LogP contribution in [0.4, 0.5) is 34.9 Å². The molecule has 2 aliphatic rings. The first-order valence-electron chi connectivity index (χ1n) is 18.6. The van der Waals surface area contributed by atoms with Crippen molar-refractivity contribution >= 4 is 72.7 Å². The summed E-state index contributed by atoms with van der Waals surface area (Å²) >= 11 is 0. The molecule has 58 heavy (non-hydrogen) atoms. The van der Waals surface area contributed by atoms with Crippen LogP contribution in [-0.4, -0.2) is 63.0 Å². The lowest BCUT2D eigenvalue weighted by atomic mass is 10.0. The Morgan fingerprint density at radius 3 is 1.72 bits per heavy atom. The van der Waals surface area contributed by atoms with Crippen LogP contribution in [-0.2, 0) is 20.0 Å². The zero-order valence-electron chi connectivity index (χ0n) is 31.4. The fraction of sp³-hybridized carbons (Fsp3) is 0.143. The molecule has 0 aliphatic carbocycles. The van der Waals surface area contributed by atoms with Crippen molar-refractivity contribution in [1.29, 1.82) is 0 Å². The van der Waals surface area contributed by atoms with Crippen LogP contribution in [0.5, 0.6) is 0 Å². The quantitative estimate of drug-likeness (QED) is 0.109. The molecule has 0 amide bonds. The highest BCUT2D eigenvalue weighted by Crippen LogP contribution is 2.29. The lowest BCUT2D eigenvalue weighted by Gasteiger charge is -2.14. The number of fused-ring (bicyclic) bond motifs is 8. The second-order valence-corrected chi connectivity index (χ2v) is 16.7. The van der Waals surface area contributed by atoms with E-state index in [1.807, 2.05) is 72.8 Å². The van der Waals surface area contributed by atoms with Crippen molar-refractivity contribution in [3.05, 3.63) is 150 Å². The predicted molar refractivity (Wildman–Crippen MR) is 230 cm³/mol. The first-order chi connectivity index (χ1) is 28.1. The summed E-state index contributed by atoms with van der Waals surface area (Å²) in [6.45, 7) is 5.98. The summed E-state index contributed by atoms with van der Waals surface area (Å²) in [6.07, 6.45) is 8.66. The van der Waals surface area contributed by atoms with Gasteiger partial charge in [-0.05, 0) is 72.0 Å². The summed E-state index contributed by atoms with van der Waals surface area (Å²) in [6, 6.07) is 33.0. The van der Waals surface area contributed by atoms with E-state index >= 15 is 0 Å². The van der Waals surface area contributed by atoms with E-state index in [-0.39, 0.29) is 9.79 Å². The van der Waals surface area contributed by atoms with Crippen molar-refractivity contribution in [1.82, 2.24) is 29.4 Å². The molecule has 6 aromatic rings. The Balaban J connectivity index is 0.000000177. The van der Waals surface area contributed by atoms with Crippen molar-refractivity contribution in [2.45, 2.75) is 22.6 Å². The van der Waals surface area contributed by atoms with Gasteiger partial charge in [0.15, 0.2) is 0 Å². The maximum Gasteiger partial charge on any atom is 0.240 e. The lowest BCUT2D eigenvalue weighted by molar-refractivity contribution is 0.578. The van der Waals surface area contributed by atoms with E-state index in [0.29, 0.717) is 73.9 Å². The van der Waals surface area contributed by atoms with Crippen molar-refractivity contribution < 1.29 is 16.8 Å². The molecular weight excluding hydrogens is 773 g/mol. The van der Waals surface area contributed by atoms with Gasteiger partial charge in [0, 0.05) is 61.1 Å². The van der Waals surface area contributed by atoms with Gasteiger partial charge in [0.25, 0.3) is 0 Å². The zero-order chi connectivity index (χ0) is 40.4. The molecule has 4 heterocycles. The molecule has 4 aromatic carbocycles. The highest BCUT2D eigenvalue weighted by atomic mass is 32.2. The Bertz CT molecular complexity index is 2640. The SMILES string of the molecule is C=C(c1ccccc1)c1cnc2nc1NCCCNS(=O)(=O)c1cccc(c1)N2.O=S1(=O)NCCCNc2nc(ncc2/C=C\c2ccccc2)Nc2cccc1c2. The molecule has 8 bridgehead atoms. The van der Waals surface area contributed by atoms with Crippen LogP contribution in [0.2, 0.25) is 0 Å². The van der Waals surface area contributed by atoms with Gasteiger partial charge in [-0.1, -0.05) is 85.5 Å². The van der Waals surface area contributed by atoms with Crippen LogP contribution < -0.4 is 30.7 Å². The first kappa shape index (κ1) is 39.8. The monoisotopic (exact) mass is 814 g/mol. The molecule has 0 spiro atoms. The van der Waals surface area contributed by atoms with E-state index in [2.05, 4.69) is 57.2 Å². The van der Waals surface area contributed by atoms with Gasteiger partial charge in [0.05, 0.1) is 9.79 Å². The van der Waals surface area contributed by atoms with Crippen LogP contribution in [0, 0.1) is 0 Å². The van der Waals surface area contributed by atoms with Crippen LogP contribution >= 0.6 is 0 Å². The third-order valence-electron chi connectivity index (χ3n) is 8.99. The van der Waals surface area contributed by atoms with Crippen LogP contribution in [0.25, 0.3) is 17.7 Å². The average Bonchev–Trinajstić information content (AvgIpc) is 3.24. The largest absolute Gasteiger partial charge is 0.369 e. The summed E-state index contributed by atoms with van der Waals surface area (Å²) in [5.74, 6) is 2.10. The predicted octanol–water partition coefficient (Wildman–Crippen LogP) is 6.86. The fourth-order valence-corrected chi connectivity index (χ4v) is 8.21. The smallest absolute Gasteiger partial charge is 0.240 e. The lowest BCUT2D eigenvalue weighted by Crippen LogP contribution is -2.26. The van der Waals surface area contributed by atoms with Crippen molar-refractivity contribution in [3.8, 4) is 0 Å². The van der Waals surface area contributed by atoms with E-state index in [1.165, 1.54) is 0 Å². The van der Waals surface area contributed by atoms with E-state index in [1.54, 1.807) is 60.9 Å². The summed E-state index contributed by atoms with van der Waals surface area (Å²) in [5.41, 5.74) is 5.72. The molecule has 0 saturated heterocycles. The number of hydrogen-bond donors (Lipinski definition) is 6. The Hall–Kier alpha value is -6.46. The minimum absolute atomic E-state index is 0.198. The molecule has 2 aromatic heterocycles. The minimum atomic E-state index is -3.57. The third-order valence-corrected chi connectivity index (χ3v) is 11.9. The molecule has 2 aliphatic heterocycles. The van der Waals surface area contributed by atoms with Crippen LogP contribution in [0.1, 0.15) is 35.1 Å². The number of hydrogen-bond acceptors (Lipinski definition) is 12. The molecular formula is C42H42N10O4S2. The normalized spacial score (nSPS) is 15.8. The van der Waals surface area contributed by atoms with E-state index in [4.69, 9.17) is 0 Å². The Labute approximate surface area is 338 Å². The Morgan fingerprint density at radius 1 is 0.586 bits per heavy atom. The highest BCUT2D eigenvalue weighted by Gasteiger charge is 2.18. The number of benzene rings is 4. The summed E-state index contributed by atoms with van der Waals surface area (Å²) in [5, 5.41) is 12.7. The first-order valence-corrected chi connectivity index (χ1v) is 21.5. The molecule has 296 valence electrons. The Kier molecular flexibility index (Phi) is 12.5. The topological polar surface area (TPSA) is 192 Å². The van der Waals surface area contributed by atoms with Crippen molar-refractivity contribution in [2.24, 2.45) is 0 Å².